The number of hydrogen-bond acceptors (Lipinski definition) is 6. The number of benzene rings is 3. The van der Waals surface area contributed by atoms with Gasteiger partial charge in [0.25, 0.3) is 17.1 Å². The Balaban J connectivity index is 1.35. The number of rotatable bonds is 7. The number of aryl methyl sites for hydroxylation is 1. The summed E-state index contributed by atoms with van der Waals surface area (Å²) in [6.45, 7) is 1.20. The number of ether oxygens (including phenoxy) is 1. The Bertz CT molecular complexity index is 1390. The van der Waals surface area contributed by atoms with Gasteiger partial charge in [-0.3, -0.25) is 19.3 Å². The third-order valence-electron chi connectivity index (χ3n) is 5.37. The van der Waals surface area contributed by atoms with Gasteiger partial charge in [0, 0.05) is 16.3 Å². The van der Waals surface area contributed by atoms with Gasteiger partial charge in [-0.1, -0.05) is 47.5 Å². The number of nitrogens with zero attached hydrogens (tertiary/aromatic N) is 1. The number of nitrogens with one attached hydrogen (secondary N) is 1. The number of esters is 1. The van der Waals surface area contributed by atoms with E-state index in [9.17, 15) is 23.6 Å². The Labute approximate surface area is 221 Å². The van der Waals surface area contributed by atoms with Crippen LogP contribution in [0.25, 0.3) is 6.08 Å². The van der Waals surface area contributed by atoms with Crippen molar-refractivity contribution in [3.63, 3.8) is 0 Å². The molecule has 0 unspecified atom stereocenters. The van der Waals surface area contributed by atoms with E-state index >= 15 is 0 Å². The number of anilines is 1. The first-order valence-electron chi connectivity index (χ1n) is 11.0. The number of amides is 3. The number of halogens is 2. The van der Waals surface area contributed by atoms with Crippen LogP contribution in [0.15, 0.2) is 71.6 Å². The molecule has 1 heterocycles. The molecule has 37 heavy (non-hydrogen) atoms. The number of hydrogen-bond donors (Lipinski definition) is 1. The molecule has 10 heteroatoms. The summed E-state index contributed by atoms with van der Waals surface area (Å²) in [5.41, 5.74) is 2.47. The van der Waals surface area contributed by atoms with Crippen LogP contribution in [0.3, 0.4) is 0 Å². The minimum absolute atomic E-state index is 0.0585. The van der Waals surface area contributed by atoms with E-state index in [1.165, 1.54) is 36.4 Å². The molecule has 188 valence electrons. The highest BCUT2D eigenvalue weighted by Crippen LogP contribution is 2.34. The van der Waals surface area contributed by atoms with Crippen LogP contribution in [0.1, 0.15) is 27.0 Å². The van der Waals surface area contributed by atoms with Crippen molar-refractivity contribution in [1.82, 2.24) is 4.90 Å². The lowest BCUT2D eigenvalue weighted by Crippen LogP contribution is -2.28. The third-order valence-corrected chi connectivity index (χ3v) is 6.63. The lowest BCUT2D eigenvalue weighted by Gasteiger charge is -2.14. The Morgan fingerprint density at radius 2 is 1.76 bits per heavy atom. The molecule has 1 aliphatic rings. The monoisotopic (exact) mass is 538 g/mol. The minimum Gasteiger partial charge on any atom is -0.452 e. The molecule has 0 atom stereocenters. The van der Waals surface area contributed by atoms with Gasteiger partial charge in [-0.25, -0.2) is 9.18 Å². The van der Waals surface area contributed by atoms with Gasteiger partial charge in [-0.15, -0.1) is 0 Å². The zero-order valence-corrected chi connectivity index (χ0v) is 21.1. The SMILES string of the molecule is Cc1ccc(NC(=O)COC(=O)c2ccc(/C=C3\SC(=O)N(Cc4c(F)cccc4Cl)C3=O)cc2)cc1. The lowest BCUT2D eigenvalue weighted by molar-refractivity contribution is -0.123. The van der Waals surface area contributed by atoms with Crippen molar-refractivity contribution in [2.45, 2.75) is 13.5 Å². The van der Waals surface area contributed by atoms with Crippen LogP contribution in [0.4, 0.5) is 14.9 Å². The number of carbonyl (C=O) groups excluding carboxylic acids is 4. The summed E-state index contributed by atoms with van der Waals surface area (Å²) >= 11 is 6.75. The van der Waals surface area contributed by atoms with Gasteiger partial charge in [-0.2, -0.15) is 0 Å². The highest BCUT2D eigenvalue weighted by atomic mass is 35.5. The first-order valence-corrected chi connectivity index (χ1v) is 12.2. The van der Waals surface area contributed by atoms with Crippen molar-refractivity contribution in [3.8, 4) is 0 Å². The van der Waals surface area contributed by atoms with E-state index in [0.717, 1.165) is 22.2 Å². The standard InChI is InChI=1S/C27H20ClFN2O5S/c1-16-5-11-19(12-6-16)30-24(32)15-36-26(34)18-9-7-17(8-10-18)13-23-25(33)31(27(35)37-23)14-20-21(28)3-2-4-22(20)29/h2-13H,14-15H2,1H3,(H,30,32)/b23-13-. The number of carbonyl (C=O) groups is 4. The molecule has 0 bridgehead atoms. The first kappa shape index (κ1) is 26.1. The van der Waals surface area contributed by atoms with Gasteiger partial charge in [0.1, 0.15) is 5.82 Å². The smallest absolute Gasteiger partial charge is 0.338 e. The molecule has 3 amide bonds. The molecular formula is C27H20ClFN2O5S. The van der Waals surface area contributed by atoms with Crippen LogP contribution in [-0.2, 0) is 20.9 Å². The van der Waals surface area contributed by atoms with Crippen LogP contribution in [-0.4, -0.2) is 34.5 Å². The van der Waals surface area contributed by atoms with Crippen molar-refractivity contribution >= 4 is 58.1 Å². The second-order valence-electron chi connectivity index (χ2n) is 8.08. The summed E-state index contributed by atoms with van der Waals surface area (Å²) in [5, 5.41) is 2.22. The predicted octanol–water partition coefficient (Wildman–Crippen LogP) is 5.82. The van der Waals surface area contributed by atoms with Gasteiger partial charge in [-0.05, 0) is 66.7 Å². The third kappa shape index (κ3) is 6.44. The molecule has 1 N–H and O–H groups in total. The van der Waals surface area contributed by atoms with Crippen molar-refractivity contribution in [3.05, 3.63) is 105 Å². The molecular weight excluding hydrogens is 519 g/mol. The van der Waals surface area contributed by atoms with E-state index in [4.69, 9.17) is 16.3 Å². The Morgan fingerprint density at radius 1 is 1.05 bits per heavy atom. The van der Waals surface area contributed by atoms with Crippen molar-refractivity contribution < 1.29 is 28.3 Å². The van der Waals surface area contributed by atoms with Crippen LogP contribution in [0.5, 0.6) is 0 Å². The van der Waals surface area contributed by atoms with Crippen molar-refractivity contribution in [2.24, 2.45) is 0 Å². The lowest BCUT2D eigenvalue weighted by atomic mass is 10.1. The Kier molecular flexibility index (Phi) is 8.05. The highest BCUT2D eigenvalue weighted by Gasteiger charge is 2.35. The van der Waals surface area contributed by atoms with Crippen molar-refractivity contribution in [2.75, 3.05) is 11.9 Å². The van der Waals surface area contributed by atoms with Crippen LogP contribution >= 0.6 is 23.4 Å². The predicted molar refractivity (Wildman–Crippen MR) is 139 cm³/mol. The molecule has 4 rings (SSSR count). The summed E-state index contributed by atoms with van der Waals surface area (Å²) < 4.78 is 19.2. The molecule has 7 nitrogen and oxygen atoms in total. The zero-order valence-electron chi connectivity index (χ0n) is 19.5. The average Bonchev–Trinajstić information content (AvgIpc) is 3.13. The quantitative estimate of drug-likeness (QED) is 0.301. The average molecular weight is 539 g/mol. The molecule has 0 aliphatic carbocycles. The first-order chi connectivity index (χ1) is 17.7. The molecule has 1 aliphatic heterocycles. The molecule has 0 radical (unpaired) electrons. The van der Waals surface area contributed by atoms with Crippen LogP contribution in [0.2, 0.25) is 5.02 Å². The molecule has 0 aromatic heterocycles. The summed E-state index contributed by atoms with van der Waals surface area (Å²) in [6, 6.07) is 17.4. The maximum atomic E-state index is 14.1. The molecule has 1 saturated heterocycles. The van der Waals surface area contributed by atoms with E-state index in [0.29, 0.717) is 11.3 Å². The van der Waals surface area contributed by atoms with E-state index in [1.807, 2.05) is 19.1 Å². The van der Waals surface area contributed by atoms with E-state index in [2.05, 4.69) is 5.32 Å². The molecule has 0 spiro atoms. The zero-order chi connectivity index (χ0) is 26.5. The second kappa shape index (κ2) is 11.4. The largest absolute Gasteiger partial charge is 0.452 e. The molecule has 3 aromatic rings. The maximum Gasteiger partial charge on any atom is 0.338 e. The van der Waals surface area contributed by atoms with Gasteiger partial charge in [0.05, 0.1) is 17.0 Å². The number of imide groups is 1. The minimum atomic E-state index is -0.687. The summed E-state index contributed by atoms with van der Waals surface area (Å²) in [7, 11) is 0. The Hall–Kier alpha value is -3.95. The highest BCUT2D eigenvalue weighted by molar-refractivity contribution is 8.18. The molecule has 3 aromatic carbocycles. The van der Waals surface area contributed by atoms with Crippen LogP contribution in [0, 0.1) is 12.7 Å². The van der Waals surface area contributed by atoms with E-state index in [-0.39, 0.29) is 27.6 Å². The fourth-order valence-corrected chi connectivity index (χ4v) is 4.45. The second-order valence-corrected chi connectivity index (χ2v) is 9.48. The van der Waals surface area contributed by atoms with Gasteiger partial charge < -0.3 is 10.1 Å². The van der Waals surface area contributed by atoms with E-state index < -0.39 is 35.4 Å². The van der Waals surface area contributed by atoms with Gasteiger partial charge in [0.2, 0.25) is 0 Å². The van der Waals surface area contributed by atoms with E-state index in [1.54, 1.807) is 24.3 Å². The van der Waals surface area contributed by atoms with Crippen LogP contribution < -0.4 is 5.32 Å². The maximum absolute atomic E-state index is 14.1. The fourth-order valence-electron chi connectivity index (χ4n) is 3.39. The Morgan fingerprint density at radius 3 is 2.43 bits per heavy atom. The molecule has 0 saturated carbocycles. The normalized spacial score (nSPS) is 14.2. The van der Waals surface area contributed by atoms with Gasteiger partial charge in [0.15, 0.2) is 6.61 Å². The number of thioether (sulfide) groups is 1. The summed E-state index contributed by atoms with van der Waals surface area (Å²) in [6.07, 6.45) is 1.50. The summed E-state index contributed by atoms with van der Waals surface area (Å²) in [4.78, 5) is 50.5. The summed E-state index contributed by atoms with van der Waals surface area (Å²) in [5.74, 6) is -2.34. The van der Waals surface area contributed by atoms with Gasteiger partial charge >= 0.3 is 5.97 Å². The van der Waals surface area contributed by atoms with Crippen molar-refractivity contribution in [1.29, 1.82) is 0 Å². The topological polar surface area (TPSA) is 92.8 Å². The molecule has 1 fully saturated rings. The fraction of sp³-hybridized carbons (Fsp3) is 0.111.